The maximum absolute atomic E-state index is 13.4. The molecule has 32 heavy (non-hydrogen) atoms. The summed E-state index contributed by atoms with van der Waals surface area (Å²) in [6, 6.07) is 11.8. The zero-order chi connectivity index (χ0) is 22.9. The second kappa shape index (κ2) is 9.19. The summed E-state index contributed by atoms with van der Waals surface area (Å²) < 4.78 is 42.5. The molecule has 2 N–H and O–H groups in total. The van der Waals surface area contributed by atoms with Crippen LogP contribution in [0.3, 0.4) is 0 Å². The fraction of sp³-hybridized carbons (Fsp3) is 0.435. The van der Waals surface area contributed by atoms with Gasteiger partial charge in [-0.2, -0.15) is 0 Å². The average Bonchev–Trinajstić information content (AvgIpc) is 3.10. The second-order valence-electron chi connectivity index (χ2n) is 8.18. The van der Waals surface area contributed by atoms with Crippen LogP contribution in [0.15, 0.2) is 42.5 Å². The Morgan fingerprint density at radius 1 is 1.12 bits per heavy atom. The number of alkyl halides is 3. The molecule has 0 radical (unpaired) electrons. The monoisotopic (exact) mass is 467 g/mol. The second-order valence-corrected chi connectivity index (χ2v) is 8.61. The summed E-state index contributed by atoms with van der Waals surface area (Å²) >= 11 is 6.16. The number of ether oxygens (including phenoxy) is 1. The van der Waals surface area contributed by atoms with E-state index in [0.29, 0.717) is 56.2 Å². The van der Waals surface area contributed by atoms with E-state index >= 15 is 0 Å². The molecule has 0 bridgehead atoms. The molecular formula is C23H25ClF3N3O2. The first-order valence-corrected chi connectivity index (χ1v) is 11.0. The van der Waals surface area contributed by atoms with Gasteiger partial charge in [0.05, 0.1) is 5.92 Å². The molecule has 4 rings (SSSR count). The molecule has 2 aromatic rings. The van der Waals surface area contributed by atoms with Crippen molar-refractivity contribution in [3.05, 3.63) is 58.6 Å². The van der Waals surface area contributed by atoms with E-state index in [9.17, 15) is 18.0 Å². The number of hydrogen-bond donors (Lipinski definition) is 1. The number of nitrogens with two attached hydrogens (primary N) is 1. The normalized spacial score (nSPS) is 19.2. The summed E-state index contributed by atoms with van der Waals surface area (Å²) in [5.74, 6) is -0.526. The van der Waals surface area contributed by atoms with E-state index in [1.54, 1.807) is 18.2 Å². The number of carbonyl (C=O) groups excluding carboxylic acids is 1. The van der Waals surface area contributed by atoms with Crippen molar-refractivity contribution in [2.45, 2.75) is 31.0 Å². The molecule has 1 fully saturated rings. The van der Waals surface area contributed by atoms with Gasteiger partial charge < -0.3 is 20.3 Å². The Bertz CT molecular complexity index is 977. The van der Waals surface area contributed by atoms with Crippen molar-refractivity contribution in [3.8, 4) is 5.75 Å². The fourth-order valence-corrected chi connectivity index (χ4v) is 4.91. The van der Waals surface area contributed by atoms with Crippen LogP contribution in [0.25, 0.3) is 0 Å². The Labute approximate surface area is 189 Å². The molecule has 2 heterocycles. The molecule has 0 spiro atoms. The maximum atomic E-state index is 13.4. The first-order valence-electron chi connectivity index (χ1n) is 10.6. The minimum Gasteiger partial charge on any atom is -0.405 e. The molecule has 2 aliphatic rings. The third kappa shape index (κ3) is 4.81. The number of halogens is 4. The summed E-state index contributed by atoms with van der Waals surface area (Å²) in [5, 5.41) is 0.611. The summed E-state index contributed by atoms with van der Waals surface area (Å²) in [7, 11) is 0. The molecule has 1 amide bonds. The van der Waals surface area contributed by atoms with Crippen molar-refractivity contribution in [2.75, 3.05) is 37.6 Å². The number of para-hydroxylation sites is 1. The van der Waals surface area contributed by atoms with Crippen LogP contribution < -0.4 is 15.4 Å². The lowest BCUT2D eigenvalue weighted by molar-refractivity contribution is -0.275. The van der Waals surface area contributed by atoms with E-state index in [0.717, 1.165) is 11.3 Å². The van der Waals surface area contributed by atoms with Gasteiger partial charge in [-0.1, -0.05) is 35.9 Å². The predicted molar refractivity (Wildman–Crippen MR) is 117 cm³/mol. The van der Waals surface area contributed by atoms with Crippen LogP contribution in [0.1, 0.15) is 35.8 Å². The Kier molecular flexibility index (Phi) is 6.53. The first kappa shape index (κ1) is 22.7. The van der Waals surface area contributed by atoms with Gasteiger partial charge in [0, 0.05) is 43.4 Å². The van der Waals surface area contributed by atoms with Crippen molar-refractivity contribution in [1.29, 1.82) is 0 Å². The zero-order valence-corrected chi connectivity index (χ0v) is 18.2. The summed E-state index contributed by atoms with van der Waals surface area (Å²) in [6.45, 7) is 2.63. The highest BCUT2D eigenvalue weighted by atomic mass is 35.5. The molecule has 172 valence electrons. The van der Waals surface area contributed by atoms with E-state index < -0.39 is 6.36 Å². The largest absolute Gasteiger partial charge is 0.573 e. The van der Waals surface area contributed by atoms with Gasteiger partial charge in [0.1, 0.15) is 5.75 Å². The molecule has 0 saturated carbocycles. The SMILES string of the molecule is NCCN1CC(C(=O)N2CCC(c3ccccc3OC(F)(F)F)CC2)c2ccc(Cl)cc21. The van der Waals surface area contributed by atoms with E-state index in [-0.39, 0.29) is 23.5 Å². The molecule has 0 aromatic heterocycles. The van der Waals surface area contributed by atoms with Crippen molar-refractivity contribution < 1.29 is 22.7 Å². The van der Waals surface area contributed by atoms with Crippen LogP contribution >= 0.6 is 11.6 Å². The van der Waals surface area contributed by atoms with Gasteiger partial charge in [-0.15, -0.1) is 13.2 Å². The number of likely N-dealkylation sites (tertiary alicyclic amines) is 1. The number of carbonyl (C=O) groups is 1. The zero-order valence-electron chi connectivity index (χ0n) is 17.4. The van der Waals surface area contributed by atoms with Gasteiger partial charge in [0.25, 0.3) is 0 Å². The van der Waals surface area contributed by atoms with Crippen LogP contribution in [0.2, 0.25) is 5.02 Å². The molecule has 2 aliphatic heterocycles. The average molecular weight is 468 g/mol. The molecule has 5 nitrogen and oxygen atoms in total. The highest BCUT2D eigenvalue weighted by Gasteiger charge is 2.38. The van der Waals surface area contributed by atoms with Gasteiger partial charge >= 0.3 is 6.36 Å². The van der Waals surface area contributed by atoms with Gasteiger partial charge in [0.2, 0.25) is 5.91 Å². The van der Waals surface area contributed by atoms with E-state index in [1.165, 1.54) is 12.1 Å². The Morgan fingerprint density at radius 2 is 1.84 bits per heavy atom. The van der Waals surface area contributed by atoms with Crippen LogP contribution in [-0.4, -0.2) is 49.9 Å². The number of nitrogens with zero attached hydrogens (tertiary/aromatic N) is 2. The number of benzene rings is 2. The lowest BCUT2D eigenvalue weighted by Gasteiger charge is -2.34. The number of fused-ring (bicyclic) bond motifs is 1. The number of hydrogen-bond acceptors (Lipinski definition) is 4. The van der Waals surface area contributed by atoms with Crippen molar-refractivity contribution in [2.24, 2.45) is 5.73 Å². The van der Waals surface area contributed by atoms with Crippen molar-refractivity contribution >= 4 is 23.2 Å². The number of rotatable bonds is 5. The van der Waals surface area contributed by atoms with Crippen molar-refractivity contribution in [3.63, 3.8) is 0 Å². The van der Waals surface area contributed by atoms with Gasteiger partial charge in [-0.3, -0.25) is 4.79 Å². The maximum Gasteiger partial charge on any atom is 0.573 e. The Balaban J connectivity index is 1.45. The van der Waals surface area contributed by atoms with Gasteiger partial charge in [-0.25, -0.2) is 0 Å². The number of anilines is 1. The van der Waals surface area contributed by atoms with Crippen LogP contribution in [0, 0.1) is 0 Å². The summed E-state index contributed by atoms with van der Waals surface area (Å²) in [6.07, 6.45) is -3.58. The van der Waals surface area contributed by atoms with Gasteiger partial charge in [-0.05, 0) is 48.1 Å². The highest BCUT2D eigenvalue weighted by Crippen LogP contribution is 2.41. The van der Waals surface area contributed by atoms with E-state index in [2.05, 4.69) is 9.64 Å². The molecular weight excluding hydrogens is 443 g/mol. The molecule has 0 aliphatic carbocycles. The Morgan fingerprint density at radius 3 is 2.53 bits per heavy atom. The predicted octanol–water partition coefficient (Wildman–Crippen LogP) is 4.51. The Hall–Kier alpha value is -2.45. The topological polar surface area (TPSA) is 58.8 Å². The summed E-state index contributed by atoms with van der Waals surface area (Å²) in [4.78, 5) is 17.3. The van der Waals surface area contributed by atoms with Crippen LogP contribution in [-0.2, 0) is 4.79 Å². The standard InChI is InChI=1S/C23H25ClF3N3O2/c24-16-5-6-18-19(14-30(12-9-28)20(18)13-16)22(31)29-10-7-15(8-11-29)17-3-1-2-4-21(17)32-23(25,26)27/h1-6,13,15,19H,7-12,14,28H2. The van der Waals surface area contributed by atoms with Crippen molar-refractivity contribution in [1.82, 2.24) is 4.90 Å². The highest BCUT2D eigenvalue weighted by molar-refractivity contribution is 6.31. The number of amides is 1. The third-order valence-corrected chi connectivity index (χ3v) is 6.43. The molecule has 1 saturated heterocycles. The minimum absolute atomic E-state index is 0.0337. The van der Waals surface area contributed by atoms with Crippen LogP contribution in [0.5, 0.6) is 5.75 Å². The number of piperidine rings is 1. The minimum atomic E-state index is -4.74. The molecule has 1 unspecified atom stereocenters. The fourth-order valence-electron chi connectivity index (χ4n) is 4.75. The third-order valence-electron chi connectivity index (χ3n) is 6.20. The molecule has 2 aromatic carbocycles. The van der Waals surface area contributed by atoms with Gasteiger partial charge in [0.15, 0.2) is 0 Å². The smallest absolute Gasteiger partial charge is 0.405 e. The first-order chi connectivity index (χ1) is 15.3. The summed E-state index contributed by atoms with van der Waals surface area (Å²) in [5.41, 5.74) is 8.16. The van der Waals surface area contributed by atoms with E-state index in [4.69, 9.17) is 17.3 Å². The van der Waals surface area contributed by atoms with Crippen LogP contribution in [0.4, 0.5) is 18.9 Å². The lowest BCUT2D eigenvalue weighted by atomic mass is 9.88. The molecule has 1 atom stereocenters. The molecule has 9 heteroatoms. The van der Waals surface area contributed by atoms with E-state index in [1.807, 2.05) is 17.0 Å². The quantitative estimate of drug-likeness (QED) is 0.703. The lowest BCUT2D eigenvalue weighted by Crippen LogP contribution is -2.42.